The molecule has 2 fully saturated rings. The highest BCUT2D eigenvalue weighted by atomic mass is 16.5. The Morgan fingerprint density at radius 1 is 1.14 bits per heavy atom. The number of benzene rings is 2. The molecular weight excluding hydrogens is 454 g/mol. The van der Waals surface area contributed by atoms with Crippen LogP contribution in [0.2, 0.25) is 0 Å². The summed E-state index contributed by atoms with van der Waals surface area (Å²) in [6.45, 7) is 6.70. The highest BCUT2D eigenvalue weighted by Gasteiger charge is 2.44. The second-order valence-electron chi connectivity index (χ2n) is 10.6. The fraction of sp³-hybridized carbons (Fsp3) is 0.467. The Labute approximate surface area is 211 Å². The maximum absolute atomic E-state index is 13.2. The van der Waals surface area contributed by atoms with E-state index < -0.39 is 11.7 Å². The van der Waals surface area contributed by atoms with Crippen molar-refractivity contribution in [1.82, 2.24) is 4.90 Å². The molecule has 1 N–H and O–H groups in total. The van der Waals surface area contributed by atoms with Crippen molar-refractivity contribution in [2.75, 3.05) is 13.1 Å². The van der Waals surface area contributed by atoms with Gasteiger partial charge >= 0.3 is 5.63 Å². The van der Waals surface area contributed by atoms with Crippen molar-refractivity contribution in [3.63, 3.8) is 0 Å². The van der Waals surface area contributed by atoms with Gasteiger partial charge in [-0.05, 0) is 63.3 Å². The number of aliphatic hydroxyl groups is 1. The highest BCUT2D eigenvalue weighted by molar-refractivity contribution is 5.86. The molecule has 1 aromatic heterocycles. The molecule has 1 saturated heterocycles. The zero-order valence-electron chi connectivity index (χ0n) is 21.4. The van der Waals surface area contributed by atoms with E-state index >= 15 is 0 Å². The number of aryl methyl sites for hydroxylation is 2. The lowest BCUT2D eigenvalue weighted by molar-refractivity contribution is -0.149. The minimum Gasteiger partial charge on any atom is -0.480 e. The van der Waals surface area contributed by atoms with Crippen LogP contribution in [0.3, 0.4) is 0 Å². The van der Waals surface area contributed by atoms with Crippen molar-refractivity contribution in [2.45, 2.75) is 71.0 Å². The molecule has 3 atom stereocenters. The van der Waals surface area contributed by atoms with Crippen molar-refractivity contribution in [3.8, 4) is 5.75 Å². The molecule has 0 radical (unpaired) electrons. The molecule has 36 heavy (non-hydrogen) atoms. The second kappa shape index (κ2) is 9.74. The molecule has 1 saturated carbocycles. The summed E-state index contributed by atoms with van der Waals surface area (Å²) in [4.78, 5) is 28.0. The first-order chi connectivity index (χ1) is 17.3. The van der Waals surface area contributed by atoms with Crippen LogP contribution in [0, 0.1) is 19.8 Å². The first-order valence-electron chi connectivity index (χ1n) is 13.0. The van der Waals surface area contributed by atoms with E-state index in [2.05, 4.69) is 0 Å². The summed E-state index contributed by atoms with van der Waals surface area (Å²) in [6, 6.07) is 13.6. The molecule has 6 heteroatoms. The van der Waals surface area contributed by atoms with Gasteiger partial charge < -0.3 is 19.2 Å². The predicted molar refractivity (Wildman–Crippen MR) is 139 cm³/mol. The number of hydrogen-bond donors (Lipinski definition) is 1. The van der Waals surface area contributed by atoms with E-state index in [9.17, 15) is 14.7 Å². The summed E-state index contributed by atoms with van der Waals surface area (Å²) in [6.07, 6.45) is 4.42. The lowest BCUT2D eigenvalue weighted by Gasteiger charge is -2.47. The quantitative estimate of drug-likeness (QED) is 0.515. The van der Waals surface area contributed by atoms with E-state index in [1.165, 1.54) is 0 Å². The maximum atomic E-state index is 13.2. The first kappa shape index (κ1) is 24.6. The molecule has 1 amide bonds. The third-order valence-electron chi connectivity index (χ3n) is 8.27. The van der Waals surface area contributed by atoms with Gasteiger partial charge in [-0.1, -0.05) is 43.2 Å². The Balaban J connectivity index is 1.35. The summed E-state index contributed by atoms with van der Waals surface area (Å²) >= 11 is 0. The third-order valence-corrected chi connectivity index (χ3v) is 8.27. The molecule has 5 rings (SSSR count). The van der Waals surface area contributed by atoms with Crippen molar-refractivity contribution in [2.24, 2.45) is 5.92 Å². The summed E-state index contributed by atoms with van der Waals surface area (Å²) in [5, 5.41) is 11.8. The summed E-state index contributed by atoms with van der Waals surface area (Å²) in [5.74, 6) is 0.603. The molecule has 1 aliphatic heterocycles. The standard InChI is InChI=1S/C30H35NO5/c1-19-24-12-13-26(20(2)27(24)36-29(33)25(19)17-22-9-5-4-6-10-22)35-21(3)28(32)31-16-15-30(34)14-8-7-11-23(30)18-31/h4-6,9-10,12-13,21,23,34H,7-8,11,14-18H2,1-3H3. The number of amides is 1. The van der Waals surface area contributed by atoms with E-state index in [1.54, 1.807) is 6.92 Å². The van der Waals surface area contributed by atoms with Gasteiger partial charge in [0.2, 0.25) is 0 Å². The van der Waals surface area contributed by atoms with Crippen LogP contribution in [0.4, 0.5) is 0 Å². The SMILES string of the molecule is Cc1c(Cc2ccccc2)c(=O)oc2c(C)c(OC(C)C(=O)N3CCC4(O)CCCCC4C3)ccc12. The fourth-order valence-electron chi connectivity index (χ4n) is 5.97. The minimum absolute atomic E-state index is 0.0713. The Morgan fingerprint density at radius 3 is 2.69 bits per heavy atom. The van der Waals surface area contributed by atoms with E-state index in [1.807, 2.05) is 61.2 Å². The molecule has 3 unspecified atom stereocenters. The molecule has 2 aliphatic rings. The summed E-state index contributed by atoms with van der Waals surface area (Å²) in [7, 11) is 0. The van der Waals surface area contributed by atoms with E-state index in [4.69, 9.17) is 9.15 Å². The van der Waals surface area contributed by atoms with Gasteiger partial charge in [0.1, 0.15) is 11.3 Å². The van der Waals surface area contributed by atoms with E-state index in [0.29, 0.717) is 48.4 Å². The number of carbonyl (C=O) groups is 1. The average molecular weight is 490 g/mol. The van der Waals surface area contributed by atoms with Crippen LogP contribution in [-0.4, -0.2) is 40.7 Å². The molecule has 190 valence electrons. The van der Waals surface area contributed by atoms with Crippen molar-refractivity contribution >= 4 is 16.9 Å². The lowest BCUT2D eigenvalue weighted by atomic mass is 9.71. The van der Waals surface area contributed by atoms with Crippen LogP contribution in [0.15, 0.2) is 51.7 Å². The van der Waals surface area contributed by atoms with Crippen LogP contribution >= 0.6 is 0 Å². The monoisotopic (exact) mass is 489 g/mol. The summed E-state index contributed by atoms with van der Waals surface area (Å²) in [5.41, 5.74) is 2.84. The Hall–Kier alpha value is -3.12. The Morgan fingerprint density at radius 2 is 1.92 bits per heavy atom. The molecule has 1 aliphatic carbocycles. The smallest absolute Gasteiger partial charge is 0.340 e. The molecular formula is C30H35NO5. The number of ether oxygens (including phenoxy) is 1. The van der Waals surface area contributed by atoms with Gasteiger partial charge in [0, 0.05) is 41.9 Å². The average Bonchev–Trinajstić information content (AvgIpc) is 2.88. The van der Waals surface area contributed by atoms with Crippen LogP contribution < -0.4 is 10.4 Å². The molecule has 2 heterocycles. The fourth-order valence-corrected chi connectivity index (χ4v) is 5.97. The lowest BCUT2D eigenvalue weighted by Crippen LogP contribution is -2.56. The zero-order valence-corrected chi connectivity index (χ0v) is 21.4. The molecule has 0 spiro atoms. The van der Waals surface area contributed by atoms with Gasteiger partial charge in [0.05, 0.1) is 5.60 Å². The Kier molecular flexibility index (Phi) is 6.64. The molecule has 6 nitrogen and oxygen atoms in total. The van der Waals surface area contributed by atoms with Crippen LogP contribution in [0.5, 0.6) is 5.75 Å². The van der Waals surface area contributed by atoms with Gasteiger partial charge in [0.15, 0.2) is 6.10 Å². The van der Waals surface area contributed by atoms with Crippen LogP contribution in [-0.2, 0) is 11.2 Å². The molecule has 3 aromatic rings. The number of nitrogens with zero attached hydrogens (tertiary/aromatic N) is 1. The highest BCUT2D eigenvalue weighted by Crippen LogP contribution is 2.40. The topological polar surface area (TPSA) is 80.0 Å². The molecule has 0 bridgehead atoms. The molecule has 2 aromatic carbocycles. The third kappa shape index (κ3) is 4.55. The number of carbonyl (C=O) groups excluding carboxylic acids is 1. The second-order valence-corrected chi connectivity index (χ2v) is 10.6. The van der Waals surface area contributed by atoms with Crippen molar-refractivity contribution in [3.05, 3.63) is 75.1 Å². The number of hydrogen-bond acceptors (Lipinski definition) is 5. The zero-order chi connectivity index (χ0) is 25.4. The van der Waals surface area contributed by atoms with E-state index in [0.717, 1.165) is 42.2 Å². The Bertz CT molecular complexity index is 1330. The minimum atomic E-state index is -0.680. The van der Waals surface area contributed by atoms with Gasteiger partial charge in [-0.2, -0.15) is 0 Å². The van der Waals surface area contributed by atoms with Crippen LogP contribution in [0.1, 0.15) is 61.3 Å². The predicted octanol–water partition coefficient (Wildman–Crippen LogP) is 4.92. The van der Waals surface area contributed by atoms with Crippen molar-refractivity contribution < 1.29 is 19.1 Å². The van der Waals surface area contributed by atoms with Crippen molar-refractivity contribution in [1.29, 1.82) is 0 Å². The van der Waals surface area contributed by atoms with E-state index in [-0.39, 0.29) is 17.5 Å². The maximum Gasteiger partial charge on any atom is 0.340 e. The normalized spacial score (nSPS) is 22.8. The van der Waals surface area contributed by atoms with Gasteiger partial charge in [-0.3, -0.25) is 4.79 Å². The van der Waals surface area contributed by atoms with Gasteiger partial charge in [0.25, 0.3) is 5.91 Å². The number of rotatable bonds is 5. The van der Waals surface area contributed by atoms with Crippen LogP contribution in [0.25, 0.3) is 11.0 Å². The number of likely N-dealkylation sites (tertiary alicyclic amines) is 1. The first-order valence-corrected chi connectivity index (χ1v) is 13.0. The number of piperidine rings is 1. The van der Waals surface area contributed by atoms with Gasteiger partial charge in [-0.15, -0.1) is 0 Å². The largest absolute Gasteiger partial charge is 0.480 e. The van der Waals surface area contributed by atoms with Gasteiger partial charge in [-0.25, -0.2) is 4.79 Å². The summed E-state index contributed by atoms with van der Waals surface area (Å²) < 4.78 is 11.9. The number of fused-ring (bicyclic) bond motifs is 2.